The molecule has 3 heteroatoms. The van der Waals surface area contributed by atoms with Crippen molar-refractivity contribution in [2.45, 2.75) is 0 Å². The first-order valence-electron chi connectivity index (χ1n) is 2.03. The van der Waals surface area contributed by atoms with Gasteiger partial charge in [0.05, 0.1) is 0 Å². The van der Waals surface area contributed by atoms with Gasteiger partial charge in [0.1, 0.15) is 12.3 Å². The second-order valence-electron chi connectivity index (χ2n) is 1.25. The van der Waals surface area contributed by atoms with E-state index < -0.39 is 0 Å². The fourth-order valence-corrected chi connectivity index (χ4v) is 0.335. The Morgan fingerprint density at radius 2 is 2.43 bits per heavy atom. The van der Waals surface area contributed by atoms with Gasteiger partial charge >= 0.3 is 0 Å². The highest BCUT2D eigenvalue weighted by Crippen LogP contribution is 1.99. The van der Waals surface area contributed by atoms with Crippen molar-refractivity contribution in [1.29, 1.82) is 0 Å². The van der Waals surface area contributed by atoms with Crippen LogP contribution in [0, 0.1) is 0 Å². The van der Waals surface area contributed by atoms with E-state index in [9.17, 15) is 0 Å². The molecule has 0 aromatic carbocycles. The van der Waals surface area contributed by atoms with Gasteiger partial charge in [-0.1, -0.05) is 6.58 Å². The molecule has 0 bridgehead atoms. The van der Waals surface area contributed by atoms with Crippen LogP contribution in [0.4, 0.5) is 0 Å². The van der Waals surface area contributed by atoms with Gasteiger partial charge < -0.3 is 4.74 Å². The molecule has 0 N–H and O–H groups in total. The van der Waals surface area contributed by atoms with Gasteiger partial charge in [-0.2, -0.15) is 10.2 Å². The van der Waals surface area contributed by atoms with E-state index in [2.05, 4.69) is 16.8 Å². The molecule has 3 nitrogen and oxygen atoms in total. The van der Waals surface area contributed by atoms with Crippen LogP contribution in [-0.4, -0.2) is 13.3 Å². The Morgan fingerprint density at radius 1 is 1.57 bits per heavy atom. The Hall–Kier alpha value is -0.860. The van der Waals surface area contributed by atoms with E-state index in [1.807, 2.05) is 0 Å². The van der Waals surface area contributed by atoms with Crippen LogP contribution in [0.25, 0.3) is 0 Å². The fraction of sp³-hybridized carbons (Fsp3) is 0.500. The normalized spacial score (nSPS) is 19.1. The van der Waals surface area contributed by atoms with Crippen LogP contribution in [0.5, 0.6) is 0 Å². The molecule has 0 saturated heterocycles. The van der Waals surface area contributed by atoms with E-state index in [-0.39, 0.29) is 0 Å². The topological polar surface area (TPSA) is 34.0 Å². The first-order chi connectivity index (χ1) is 3.39. The molecule has 0 unspecified atom stereocenters. The number of nitrogens with zero attached hydrogens (tertiary/aromatic N) is 2. The maximum Gasteiger partial charge on any atom is 0.198 e. The number of rotatable bonds is 0. The van der Waals surface area contributed by atoms with Gasteiger partial charge in [0.25, 0.3) is 0 Å². The lowest BCUT2D eigenvalue weighted by molar-refractivity contribution is 0.196. The third-order valence-electron chi connectivity index (χ3n) is 0.673. The van der Waals surface area contributed by atoms with Crippen molar-refractivity contribution in [3.63, 3.8) is 0 Å². The van der Waals surface area contributed by atoms with Gasteiger partial charge in [-0.15, -0.1) is 0 Å². The summed E-state index contributed by atoms with van der Waals surface area (Å²) in [7, 11) is 0. The van der Waals surface area contributed by atoms with Crippen molar-refractivity contribution in [1.82, 2.24) is 0 Å². The van der Waals surface area contributed by atoms with Crippen molar-refractivity contribution in [3.8, 4) is 0 Å². The minimum atomic E-state index is 0.346. The van der Waals surface area contributed by atoms with Crippen LogP contribution in [0.3, 0.4) is 0 Å². The van der Waals surface area contributed by atoms with Crippen LogP contribution in [0.1, 0.15) is 0 Å². The second-order valence-corrected chi connectivity index (χ2v) is 1.25. The summed E-state index contributed by atoms with van der Waals surface area (Å²) in [6.07, 6.45) is 0. The zero-order valence-corrected chi connectivity index (χ0v) is 3.92. The van der Waals surface area contributed by atoms with E-state index >= 15 is 0 Å². The molecule has 1 heterocycles. The molecule has 7 heavy (non-hydrogen) atoms. The van der Waals surface area contributed by atoms with Crippen molar-refractivity contribution in [2.75, 3.05) is 13.3 Å². The Labute approximate surface area is 41.7 Å². The van der Waals surface area contributed by atoms with Gasteiger partial charge in [0.2, 0.25) is 0 Å². The van der Waals surface area contributed by atoms with Gasteiger partial charge in [0.15, 0.2) is 6.73 Å². The van der Waals surface area contributed by atoms with Crippen molar-refractivity contribution in [3.05, 3.63) is 12.3 Å². The predicted octanol–water partition coefficient (Wildman–Crippen LogP) is 0.940. The molecule has 0 amide bonds. The van der Waals surface area contributed by atoms with E-state index in [1.54, 1.807) is 0 Å². The summed E-state index contributed by atoms with van der Waals surface area (Å²) in [6, 6.07) is 0. The molecular weight excluding hydrogens is 92.1 g/mol. The van der Waals surface area contributed by atoms with Gasteiger partial charge in [-0.05, 0) is 0 Å². The fourth-order valence-electron chi connectivity index (χ4n) is 0.335. The lowest BCUT2D eigenvalue weighted by Gasteiger charge is -2.05. The van der Waals surface area contributed by atoms with E-state index in [0.717, 1.165) is 0 Å². The third-order valence-corrected chi connectivity index (χ3v) is 0.673. The van der Waals surface area contributed by atoms with Crippen molar-refractivity contribution in [2.24, 2.45) is 10.2 Å². The second kappa shape index (κ2) is 1.73. The standard InChI is InChI=1S/C4H6N2O/c1-4-2-5-6-3-7-4/h1-3H2. The Bertz CT molecular complexity index is 108. The summed E-state index contributed by atoms with van der Waals surface area (Å²) in [4.78, 5) is 0. The van der Waals surface area contributed by atoms with Gasteiger partial charge in [0, 0.05) is 0 Å². The predicted molar refractivity (Wildman–Crippen MR) is 24.8 cm³/mol. The van der Waals surface area contributed by atoms with Crippen LogP contribution < -0.4 is 0 Å². The molecule has 1 aliphatic heterocycles. The smallest absolute Gasteiger partial charge is 0.198 e. The molecule has 0 radical (unpaired) electrons. The highest BCUT2D eigenvalue weighted by Gasteiger charge is 1.95. The summed E-state index contributed by atoms with van der Waals surface area (Å²) in [5.74, 6) is 0.704. The number of ether oxygens (including phenoxy) is 1. The van der Waals surface area contributed by atoms with Gasteiger partial charge in [-0.3, -0.25) is 0 Å². The number of hydrogen-bond acceptors (Lipinski definition) is 3. The molecule has 0 aromatic rings. The summed E-state index contributed by atoms with van der Waals surface area (Å²) >= 11 is 0. The van der Waals surface area contributed by atoms with Crippen LogP contribution in [0.2, 0.25) is 0 Å². The SMILES string of the molecule is C=C1CN=NCO1. The molecule has 0 fully saturated rings. The minimum absolute atomic E-state index is 0.346. The molecule has 1 rings (SSSR count). The van der Waals surface area contributed by atoms with Crippen molar-refractivity contribution >= 4 is 0 Å². The first-order valence-corrected chi connectivity index (χ1v) is 2.03. The highest BCUT2D eigenvalue weighted by atomic mass is 16.5. The summed E-state index contributed by atoms with van der Waals surface area (Å²) < 4.78 is 4.82. The van der Waals surface area contributed by atoms with E-state index in [4.69, 9.17) is 4.74 Å². The Balaban J connectivity index is 2.47. The molecule has 0 atom stereocenters. The molecule has 0 saturated carbocycles. The molecule has 0 spiro atoms. The average Bonchev–Trinajstić information content (AvgIpc) is 1.69. The van der Waals surface area contributed by atoms with Crippen LogP contribution >= 0.6 is 0 Å². The van der Waals surface area contributed by atoms with Crippen LogP contribution in [-0.2, 0) is 4.74 Å². The molecule has 1 aliphatic rings. The lowest BCUT2D eigenvalue weighted by atomic mass is 10.6. The maximum absolute atomic E-state index is 4.82. The number of hydrogen-bond donors (Lipinski definition) is 0. The zero-order valence-electron chi connectivity index (χ0n) is 3.92. The van der Waals surface area contributed by atoms with E-state index in [1.165, 1.54) is 0 Å². The first kappa shape index (κ1) is 4.30. The summed E-state index contributed by atoms with van der Waals surface area (Å²) in [6.45, 7) is 4.41. The largest absolute Gasteiger partial charge is 0.473 e. The van der Waals surface area contributed by atoms with Crippen molar-refractivity contribution < 1.29 is 4.74 Å². The Kier molecular flexibility index (Phi) is 1.06. The quantitative estimate of drug-likeness (QED) is 0.444. The Morgan fingerprint density at radius 3 is 2.71 bits per heavy atom. The maximum atomic E-state index is 4.82. The minimum Gasteiger partial charge on any atom is -0.473 e. The number of azo groups is 1. The summed E-state index contributed by atoms with van der Waals surface area (Å²) in [5.41, 5.74) is 0. The van der Waals surface area contributed by atoms with Gasteiger partial charge in [-0.25, -0.2) is 0 Å². The summed E-state index contributed by atoms with van der Waals surface area (Å²) in [5, 5.41) is 7.23. The molecule has 0 aliphatic carbocycles. The van der Waals surface area contributed by atoms with E-state index in [0.29, 0.717) is 19.0 Å². The lowest BCUT2D eigenvalue weighted by Crippen LogP contribution is -1.98. The van der Waals surface area contributed by atoms with Crippen LogP contribution in [0.15, 0.2) is 22.6 Å². The monoisotopic (exact) mass is 98.0 g/mol. The molecule has 38 valence electrons. The third kappa shape index (κ3) is 0.994. The average molecular weight is 98.1 g/mol. The molecule has 0 aromatic heterocycles. The molecular formula is C4H6N2O. The zero-order chi connectivity index (χ0) is 5.11. The highest BCUT2D eigenvalue weighted by molar-refractivity contribution is 4.85.